The van der Waals surface area contributed by atoms with Crippen molar-refractivity contribution in [2.75, 3.05) is 0 Å². The first-order chi connectivity index (χ1) is 6.27. The smallest absolute Gasteiger partial charge is 0.0883 e. The summed E-state index contributed by atoms with van der Waals surface area (Å²) in [7, 11) is 0. The van der Waals surface area contributed by atoms with Crippen LogP contribution in [0.25, 0.3) is 12.2 Å². The number of hydrogen-bond donors (Lipinski definition) is 0. The molecule has 68 valence electrons. The molecule has 0 aliphatic heterocycles. The minimum Gasteiger partial charge on any atom is -0.253 e. The Balaban J connectivity index is 3.06. The molecular weight excluding hydrogens is 160 g/mol. The van der Waals surface area contributed by atoms with Gasteiger partial charge in [-0.3, -0.25) is 4.98 Å². The molecule has 1 aromatic rings. The maximum atomic E-state index is 4.31. The molecule has 1 heterocycles. The van der Waals surface area contributed by atoms with Crippen molar-refractivity contribution in [2.24, 2.45) is 0 Å². The molecule has 0 amide bonds. The monoisotopic (exact) mass is 174 g/mol. The fraction of sp³-hybridized carbons (Fsp3) is 0.273. The van der Waals surface area contributed by atoms with Crippen LogP contribution >= 0.6 is 0 Å². The summed E-state index contributed by atoms with van der Waals surface area (Å²) in [6, 6.07) is 0. The number of nitrogens with zero attached hydrogens (tertiary/aromatic N) is 2. The van der Waals surface area contributed by atoms with E-state index in [0.717, 1.165) is 23.5 Å². The Morgan fingerprint density at radius 2 is 2.23 bits per heavy atom. The van der Waals surface area contributed by atoms with Gasteiger partial charge in [-0.15, -0.1) is 0 Å². The number of allylic oxidation sites excluding steroid dienone is 1. The molecule has 0 atom stereocenters. The van der Waals surface area contributed by atoms with Gasteiger partial charge in [0, 0.05) is 6.20 Å². The van der Waals surface area contributed by atoms with E-state index in [-0.39, 0.29) is 0 Å². The molecule has 0 radical (unpaired) electrons. The van der Waals surface area contributed by atoms with Crippen LogP contribution in [0.15, 0.2) is 18.9 Å². The Kier molecular flexibility index (Phi) is 3.38. The maximum Gasteiger partial charge on any atom is 0.0883 e. The summed E-state index contributed by atoms with van der Waals surface area (Å²) < 4.78 is 0. The fourth-order valence-electron chi connectivity index (χ4n) is 1.01. The zero-order valence-corrected chi connectivity index (χ0v) is 8.12. The normalized spacial score (nSPS) is 10.6. The molecule has 0 saturated carbocycles. The molecule has 2 nitrogen and oxygen atoms in total. The van der Waals surface area contributed by atoms with Gasteiger partial charge in [0.25, 0.3) is 0 Å². The van der Waals surface area contributed by atoms with Crippen LogP contribution in [0.2, 0.25) is 0 Å². The van der Waals surface area contributed by atoms with Crippen LogP contribution in [0.4, 0.5) is 0 Å². The zero-order chi connectivity index (χ0) is 9.68. The lowest BCUT2D eigenvalue weighted by Crippen LogP contribution is -1.93. The standard InChI is InChI=1S/C11H14N2/c1-4-6-7-11-10(5-2)13-9(3)8-12-11/h5-8H,2,4H2,1,3H3/b7-6-. The van der Waals surface area contributed by atoms with Gasteiger partial charge in [0.05, 0.1) is 17.1 Å². The fourth-order valence-corrected chi connectivity index (χ4v) is 1.01. The number of rotatable bonds is 3. The van der Waals surface area contributed by atoms with Crippen molar-refractivity contribution in [3.8, 4) is 0 Å². The second-order valence-electron chi connectivity index (χ2n) is 2.80. The van der Waals surface area contributed by atoms with Crippen molar-refractivity contribution in [1.29, 1.82) is 0 Å². The molecule has 1 aromatic heterocycles. The molecule has 0 bridgehead atoms. The predicted octanol–water partition coefficient (Wildman–Crippen LogP) is 2.85. The molecule has 0 aliphatic carbocycles. The highest BCUT2D eigenvalue weighted by atomic mass is 14.8. The molecule has 0 spiro atoms. The van der Waals surface area contributed by atoms with Crippen molar-refractivity contribution in [2.45, 2.75) is 20.3 Å². The van der Waals surface area contributed by atoms with E-state index in [1.165, 1.54) is 0 Å². The van der Waals surface area contributed by atoms with Gasteiger partial charge in [0.2, 0.25) is 0 Å². The Labute approximate surface area is 79.0 Å². The lowest BCUT2D eigenvalue weighted by atomic mass is 10.2. The van der Waals surface area contributed by atoms with E-state index < -0.39 is 0 Å². The topological polar surface area (TPSA) is 25.8 Å². The first kappa shape index (κ1) is 9.65. The van der Waals surface area contributed by atoms with E-state index in [1.54, 1.807) is 12.3 Å². The van der Waals surface area contributed by atoms with E-state index >= 15 is 0 Å². The van der Waals surface area contributed by atoms with Gasteiger partial charge in [-0.1, -0.05) is 19.6 Å². The average molecular weight is 174 g/mol. The second-order valence-corrected chi connectivity index (χ2v) is 2.80. The van der Waals surface area contributed by atoms with Crippen LogP contribution in [0.5, 0.6) is 0 Å². The molecule has 0 unspecified atom stereocenters. The predicted molar refractivity (Wildman–Crippen MR) is 56.2 cm³/mol. The third-order valence-corrected chi connectivity index (χ3v) is 1.65. The van der Waals surface area contributed by atoms with Gasteiger partial charge in [-0.2, -0.15) is 0 Å². The summed E-state index contributed by atoms with van der Waals surface area (Å²) in [6.45, 7) is 7.72. The van der Waals surface area contributed by atoms with Crippen molar-refractivity contribution >= 4 is 12.2 Å². The van der Waals surface area contributed by atoms with Gasteiger partial charge in [-0.25, -0.2) is 4.98 Å². The van der Waals surface area contributed by atoms with Crippen molar-refractivity contribution < 1.29 is 0 Å². The van der Waals surface area contributed by atoms with Gasteiger partial charge < -0.3 is 0 Å². The van der Waals surface area contributed by atoms with Crippen LogP contribution in [-0.2, 0) is 0 Å². The van der Waals surface area contributed by atoms with Gasteiger partial charge in [0.15, 0.2) is 0 Å². The molecule has 0 aromatic carbocycles. The SMILES string of the molecule is C=Cc1nc(C)cnc1/C=C\CC. The summed E-state index contributed by atoms with van der Waals surface area (Å²) in [5.74, 6) is 0. The Morgan fingerprint density at radius 1 is 1.46 bits per heavy atom. The first-order valence-electron chi connectivity index (χ1n) is 4.40. The van der Waals surface area contributed by atoms with E-state index in [2.05, 4.69) is 29.5 Å². The number of hydrogen-bond acceptors (Lipinski definition) is 2. The first-order valence-corrected chi connectivity index (χ1v) is 4.40. The number of aromatic nitrogens is 2. The summed E-state index contributed by atoms with van der Waals surface area (Å²) >= 11 is 0. The summed E-state index contributed by atoms with van der Waals surface area (Å²) in [6.07, 6.45) is 8.54. The average Bonchev–Trinajstić information content (AvgIpc) is 2.16. The summed E-state index contributed by atoms with van der Waals surface area (Å²) in [4.78, 5) is 8.58. The zero-order valence-electron chi connectivity index (χ0n) is 8.12. The van der Waals surface area contributed by atoms with E-state index in [9.17, 15) is 0 Å². The maximum absolute atomic E-state index is 4.31. The van der Waals surface area contributed by atoms with Crippen LogP contribution < -0.4 is 0 Å². The Hall–Kier alpha value is -1.44. The van der Waals surface area contributed by atoms with E-state index in [0.29, 0.717) is 0 Å². The molecule has 2 heteroatoms. The third kappa shape index (κ3) is 2.51. The van der Waals surface area contributed by atoms with Gasteiger partial charge in [-0.05, 0) is 25.5 Å². The minimum absolute atomic E-state index is 0.852. The second kappa shape index (κ2) is 4.55. The summed E-state index contributed by atoms with van der Waals surface area (Å²) in [5.41, 5.74) is 2.66. The quantitative estimate of drug-likeness (QED) is 0.704. The summed E-state index contributed by atoms with van der Waals surface area (Å²) in [5, 5.41) is 0. The van der Waals surface area contributed by atoms with Crippen molar-refractivity contribution in [3.63, 3.8) is 0 Å². The highest BCUT2D eigenvalue weighted by molar-refractivity contribution is 5.58. The van der Waals surface area contributed by atoms with Crippen LogP contribution in [0.3, 0.4) is 0 Å². The largest absolute Gasteiger partial charge is 0.253 e. The Morgan fingerprint density at radius 3 is 2.85 bits per heavy atom. The van der Waals surface area contributed by atoms with Gasteiger partial charge >= 0.3 is 0 Å². The molecule has 13 heavy (non-hydrogen) atoms. The molecule has 0 fully saturated rings. The van der Waals surface area contributed by atoms with Crippen molar-refractivity contribution in [1.82, 2.24) is 9.97 Å². The minimum atomic E-state index is 0.852. The Bertz CT molecular complexity index is 327. The highest BCUT2D eigenvalue weighted by Crippen LogP contribution is 2.07. The van der Waals surface area contributed by atoms with E-state index in [4.69, 9.17) is 0 Å². The van der Waals surface area contributed by atoms with Crippen LogP contribution in [0, 0.1) is 6.92 Å². The van der Waals surface area contributed by atoms with Gasteiger partial charge in [0.1, 0.15) is 0 Å². The molecule has 0 N–H and O–H groups in total. The third-order valence-electron chi connectivity index (χ3n) is 1.65. The van der Waals surface area contributed by atoms with Crippen LogP contribution in [-0.4, -0.2) is 9.97 Å². The van der Waals surface area contributed by atoms with Crippen LogP contribution in [0.1, 0.15) is 30.4 Å². The molecule has 0 saturated heterocycles. The molecular formula is C11H14N2. The lowest BCUT2D eigenvalue weighted by Gasteiger charge is -1.99. The lowest BCUT2D eigenvalue weighted by molar-refractivity contribution is 1.08. The molecule has 1 rings (SSSR count). The highest BCUT2D eigenvalue weighted by Gasteiger charge is 1.97. The number of aryl methyl sites for hydroxylation is 1. The van der Waals surface area contributed by atoms with Crippen molar-refractivity contribution in [3.05, 3.63) is 35.9 Å². The van der Waals surface area contributed by atoms with E-state index in [1.807, 2.05) is 13.0 Å². The molecule has 0 aliphatic rings.